The predicted molar refractivity (Wildman–Crippen MR) is 109 cm³/mol. The number of Topliss-reactive ketones (excluding diaryl/α,β-unsaturated/α-hetero) is 1. The van der Waals surface area contributed by atoms with Crippen molar-refractivity contribution in [1.29, 1.82) is 0 Å². The topological polar surface area (TPSA) is 98.0 Å². The first-order chi connectivity index (χ1) is 14.0. The van der Waals surface area contributed by atoms with E-state index in [-0.39, 0.29) is 17.2 Å². The van der Waals surface area contributed by atoms with E-state index in [1.807, 2.05) is 28.9 Å². The molecule has 0 atom stereocenters. The normalized spacial score (nSPS) is 10.8. The lowest BCUT2D eigenvalue weighted by Crippen LogP contribution is -2.07. The van der Waals surface area contributed by atoms with Crippen LogP contribution in [-0.4, -0.2) is 36.6 Å². The number of rotatable bonds is 9. The van der Waals surface area contributed by atoms with Gasteiger partial charge in [0, 0.05) is 37.3 Å². The molecule has 7 heteroatoms. The van der Waals surface area contributed by atoms with Gasteiger partial charge in [-0.3, -0.25) is 9.78 Å². The minimum Gasteiger partial charge on any atom is -0.478 e. The van der Waals surface area contributed by atoms with Crippen molar-refractivity contribution in [2.75, 3.05) is 0 Å². The van der Waals surface area contributed by atoms with E-state index in [4.69, 9.17) is 0 Å². The maximum Gasteiger partial charge on any atom is 0.336 e. The van der Waals surface area contributed by atoms with Gasteiger partial charge in [-0.05, 0) is 23.6 Å². The van der Waals surface area contributed by atoms with Crippen LogP contribution in [0.4, 0.5) is 0 Å². The smallest absolute Gasteiger partial charge is 0.336 e. The number of hydrogen-bond donors (Lipinski definition) is 1. The summed E-state index contributed by atoms with van der Waals surface area (Å²) in [6.45, 7) is 4.64. The monoisotopic (exact) mass is 392 g/mol. The molecular weight excluding hydrogens is 368 g/mol. The molecule has 29 heavy (non-hydrogen) atoms. The molecule has 7 nitrogen and oxygen atoms in total. The Kier molecular flexibility index (Phi) is 6.49. The van der Waals surface area contributed by atoms with Gasteiger partial charge >= 0.3 is 5.97 Å². The highest BCUT2D eigenvalue weighted by Gasteiger charge is 2.16. The Bertz CT molecular complexity index is 1010. The molecule has 3 rings (SSSR count). The third kappa shape index (κ3) is 4.74. The first kappa shape index (κ1) is 20.4. The van der Waals surface area contributed by atoms with E-state index in [1.54, 1.807) is 13.1 Å². The van der Waals surface area contributed by atoms with Crippen LogP contribution in [0, 0.1) is 0 Å². The zero-order valence-electron chi connectivity index (χ0n) is 16.6. The van der Waals surface area contributed by atoms with Gasteiger partial charge in [-0.1, -0.05) is 44.5 Å². The standard InChI is InChI=1S/C22H24N4O3/c1-3-5-12-26-20(24-21(25-26)19(27)4-2)13-15-6-8-16(9-7-15)18-14-23-11-10-17(18)22(28)29/h6-11,14H,3-5,12-13H2,1-2H3,(H,28,29). The maximum absolute atomic E-state index is 12.0. The zero-order valence-corrected chi connectivity index (χ0v) is 16.6. The molecule has 2 aromatic heterocycles. The summed E-state index contributed by atoms with van der Waals surface area (Å²) in [6.07, 6.45) is 5.95. The van der Waals surface area contributed by atoms with Crippen molar-refractivity contribution in [2.45, 2.75) is 46.1 Å². The van der Waals surface area contributed by atoms with Gasteiger partial charge in [-0.15, -0.1) is 5.10 Å². The fourth-order valence-electron chi connectivity index (χ4n) is 3.06. The molecular formula is C22H24N4O3. The van der Waals surface area contributed by atoms with Gasteiger partial charge in [0.25, 0.3) is 0 Å². The van der Waals surface area contributed by atoms with Crippen LogP contribution in [0.25, 0.3) is 11.1 Å². The number of carbonyl (C=O) groups excluding carboxylic acids is 1. The van der Waals surface area contributed by atoms with E-state index < -0.39 is 5.97 Å². The van der Waals surface area contributed by atoms with Crippen LogP contribution in [-0.2, 0) is 13.0 Å². The van der Waals surface area contributed by atoms with Crippen molar-refractivity contribution in [1.82, 2.24) is 19.7 Å². The molecule has 0 bridgehead atoms. The minimum absolute atomic E-state index is 0.0605. The number of hydrogen-bond acceptors (Lipinski definition) is 5. The number of unbranched alkanes of at least 4 members (excludes halogenated alkanes) is 1. The summed E-state index contributed by atoms with van der Waals surface area (Å²) >= 11 is 0. The van der Waals surface area contributed by atoms with Crippen LogP contribution >= 0.6 is 0 Å². The predicted octanol–water partition coefficient (Wildman–Crippen LogP) is 4.02. The van der Waals surface area contributed by atoms with Gasteiger partial charge in [0.1, 0.15) is 5.82 Å². The largest absolute Gasteiger partial charge is 0.478 e. The van der Waals surface area contributed by atoms with Crippen molar-refractivity contribution < 1.29 is 14.7 Å². The third-order valence-electron chi connectivity index (χ3n) is 4.72. The summed E-state index contributed by atoms with van der Waals surface area (Å²) in [4.78, 5) is 31.9. The molecule has 0 amide bonds. The third-order valence-corrected chi connectivity index (χ3v) is 4.72. The quantitative estimate of drug-likeness (QED) is 0.552. The van der Waals surface area contributed by atoms with Gasteiger partial charge < -0.3 is 5.11 Å². The summed E-state index contributed by atoms with van der Waals surface area (Å²) in [5, 5.41) is 13.8. The van der Waals surface area contributed by atoms with E-state index in [0.717, 1.165) is 36.3 Å². The Balaban J connectivity index is 1.85. The summed E-state index contributed by atoms with van der Waals surface area (Å²) in [7, 11) is 0. The summed E-state index contributed by atoms with van der Waals surface area (Å²) in [5.41, 5.74) is 2.59. The van der Waals surface area contributed by atoms with Crippen LogP contribution in [0.3, 0.4) is 0 Å². The number of nitrogens with zero attached hydrogens (tertiary/aromatic N) is 4. The van der Waals surface area contributed by atoms with E-state index in [1.165, 1.54) is 12.3 Å². The Hall–Kier alpha value is -3.35. The first-order valence-corrected chi connectivity index (χ1v) is 9.77. The molecule has 3 aromatic rings. The highest BCUT2D eigenvalue weighted by molar-refractivity contribution is 5.95. The zero-order chi connectivity index (χ0) is 20.8. The molecule has 0 unspecified atom stereocenters. The summed E-state index contributed by atoms with van der Waals surface area (Å²) in [5.74, 6) is -0.00877. The minimum atomic E-state index is -0.983. The Morgan fingerprint density at radius 2 is 1.86 bits per heavy atom. The van der Waals surface area contributed by atoms with Crippen molar-refractivity contribution in [3.8, 4) is 11.1 Å². The van der Waals surface area contributed by atoms with Gasteiger partial charge in [0.2, 0.25) is 11.6 Å². The highest BCUT2D eigenvalue weighted by atomic mass is 16.4. The van der Waals surface area contributed by atoms with Crippen LogP contribution in [0.5, 0.6) is 0 Å². The molecule has 1 aromatic carbocycles. The SMILES string of the molecule is CCCCn1nc(C(=O)CC)nc1Cc1ccc(-c2cnccc2C(=O)O)cc1. The van der Waals surface area contributed by atoms with Crippen LogP contribution in [0.15, 0.2) is 42.7 Å². The average Bonchev–Trinajstić information content (AvgIpc) is 3.14. The number of aryl methyl sites for hydroxylation is 1. The first-order valence-electron chi connectivity index (χ1n) is 9.77. The Labute approximate surface area is 169 Å². The van der Waals surface area contributed by atoms with E-state index >= 15 is 0 Å². The Morgan fingerprint density at radius 3 is 2.52 bits per heavy atom. The number of carboxylic acids is 1. The Morgan fingerprint density at radius 1 is 1.10 bits per heavy atom. The number of aromatic carboxylic acids is 1. The van der Waals surface area contributed by atoms with E-state index in [2.05, 4.69) is 22.0 Å². The van der Waals surface area contributed by atoms with Gasteiger partial charge in [-0.2, -0.15) is 0 Å². The molecule has 0 fully saturated rings. The molecule has 150 valence electrons. The number of benzene rings is 1. The lowest BCUT2D eigenvalue weighted by molar-refractivity contribution is 0.0697. The molecule has 0 aliphatic rings. The maximum atomic E-state index is 12.0. The number of carboxylic acid groups (broad SMARTS) is 1. The van der Waals surface area contributed by atoms with Crippen molar-refractivity contribution in [3.63, 3.8) is 0 Å². The number of carbonyl (C=O) groups is 2. The fraction of sp³-hybridized carbons (Fsp3) is 0.318. The van der Waals surface area contributed by atoms with Crippen LogP contribution in [0.1, 0.15) is 65.5 Å². The summed E-state index contributed by atoms with van der Waals surface area (Å²) < 4.78 is 1.82. The van der Waals surface area contributed by atoms with E-state index in [0.29, 0.717) is 18.4 Å². The number of pyridine rings is 1. The molecule has 0 saturated heterocycles. The highest BCUT2D eigenvalue weighted by Crippen LogP contribution is 2.24. The number of ketones is 1. The van der Waals surface area contributed by atoms with Crippen LogP contribution < -0.4 is 0 Å². The van der Waals surface area contributed by atoms with Gasteiger partial charge in [-0.25, -0.2) is 14.5 Å². The lowest BCUT2D eigenvalue weighted by atomic mass is 10.00. The number of aromatic nitrogens is 4. The van der Waals surface area contributed by atoms with Crippen molar-refractivity contribution in [2.24, 2.45) is 0 Å². The molecule has 0 saturated carbocycles. The van der Waals surface area contributed by atoms with Crippen LogP contribution in [0.2, 0.25) is 0 Å². The molecule has 0 aliphatic carbocycles. The van der Waals surface area contributed by atoms with Gasteiger partial charge in [0.15, 0.2) is 0 Å². The van der Waals surface area contributed by atoms with Crippen molar-refractivity contribution >= 4 is 11.8 Å². The summed E-state index contributed by atoms with van der Waals surface area (Å²) in [6, 6.07) is 9.13. The molecule has 0 radical (unpaired) electrons. The molecule has 1 N–H and O–H groups in total. The second-order valence-corrected chi connectivity index (χ2v) is 6.81. The second-order valence-electron chi connectivity index (χ2n) is 6.81. The molecule has 2 heterocycles. The molecule has 0 spiro atoms. The van der Waals surface area contributed by atoms with E-state index in [9.17, 15) is 14.7 Å². The van der Waals surface area contributed by atoms with Gasteiger partial charge in [0.05, 0.1) is 5.56 Å². The average molecular weight is 392 g/mol. The fourth-order valence-corrected chi connectivity index (χ4v) is 3.06. The molecule has 0 aliphatic heterocycles. The lowest BCUT2D eigenvalue weighted by Gasteiger charge is -2.08. The second kappa shape index (κ2) is 9.23. The van der Waals surface area contributed by atoms with Crippen molar-refractivity contribution in [3.05, 3.63) is 65.5 Å².